The van der Waals surface area contributed by atoms with Crippen molar-refractivity contribution in [1.29, 1.82) is 0 Å². The van der Waals surface area contributed by atoms with Crippen LogP contribution in [0, 0.1) is 5.82 Å². The minimum absolute atomic E-state index is 0.178. The molecule has 1 amide bonds. The summed E-state index contributed by atoms with van der Waals surface area (Å²) in [7, 11) is 0. The van der Waals surface area contributed by atoms with E-state index in [0.29, 0.717) is 6.20 Å². The number of carbonyl (C=O) groups is 1. The second-order valence-electron chi connectivity index (χ2n) is 2.53. The maximum Gasteiger partial charge on any atom is 0.417 e. The molecule has 0 unspecified atom stereocenters. The zero-order chi connectivity index (χ0) is 11.6. The molecule has 0 aromatic carbocycles. The SMILES string of the molecule is NNC(=O)c1ncc(C(F)(F)F)cc1F. The molecule has 4 nitrogen and oxygen atoms in total. The monoisotopic (exact) mass is 223 g/mol. The third-order valence-corrected chi connectivity index (χ3v) is 1.51. The first-order valence-electron chi connectivity index (χ1n) is 3.60. The molecule has 0 atom stereocenters. The highest BCUT2D eigenvalue weighted by Gasteiger charge is 2.32. The molecule has 0 radical (unpaired) electrons. The van der Waals surface area contributed by atoms with Crippen LogP contribution in [0.4, 0.5) is 17.6 Å². The van der Waals surface area contributed by atoms with Gasteiger partial charge in [0, 0.05) is 6.20 Å². The fourth-order valence-corrected chi connectivity index (χ4v) is 0.828. The summed E-state index contributed by atoms with van der Waals surface area (Å²) in [5.74, 6) is 2.19. The second-order valence-corrected chi connectivity index (χ2v) is 2.53. The molecular formula is C7H5F4N3O. The summed E-state index contributed by atoms with van der Waals surface area (Å²) < 4.78 is 49.1. The summed E-state index contributed by atoms with van der Waals surface area (Å²) in [5.41, 5.74) is -0.499. The van der Waals surface area contributed by atoms with Gasteiger partial charge in [0.2, 0.25) is 0 Å². The Hall–Kier alpha value is -1.70. The van der Waals surface area contributed by atoms with Crippen LogP contribution < -0.4 is 11.3 Å². The first-order valence-corrected chi connectivity index (χ1v) is 3.60. The third kappa shape index (κ3) is 2.40. The van der Waals surface area contributed by atoms with Crippen molar-refractivity contribution < 1.29 is 22.4 Å². The van der Waals surface area contributed by atoms with Gasteiger partial charge < -0.3 is 0 Å². The van der Waals surface area contributed by atoms with Gasteiger partial charge in [-0.3, -0.25) is 10.2 Å². The Kier molecular flexibility index (Phi) is 2.89. The number of nitrogens with zero attached hydrogens (tertiary/aromatic N) is 1. The predicted molar refractivity (Wildman–Crippen MR) is 40.9 cm³/mol. The normalized spacial score (nSPS) is 11.3. The number of nitrogens with one attached hydrogen (secondary N) is 1. The number of hydrazine groups is 1. The first kappa shape index (κ1) is 11.4. The van der Waals surface area contributed by atoms with Gasteiger partial charge in [-0.15, -0.1) is 0 Å². The van der Waals surface area contributed by atoms with E-state index in [9.17, 15) is 22.4 Å². The van der Waals surface area contributed by atoms with Gasteiger partial charge in [0.1, 0.15) is 0 Å². The quantitative estimate of drug-likeness (QED) is 0.321. The number of nitrogen functional groups attached to an aromatic ring is 1. The van der Waals surface area contributed by atoms with Crippen LogP contribution in [0.15, 0.2) is 12.3 Å². The minimum atomic E-state index is -4.70. The molecule has 0 aliphatic heterocycles. The standard InChI is InChI=1S/C7H5F4N3O/c8-4-1-3(7(9,10)11)2-13-5(4)6(15)14-12/h1-2H,12H2,(H,14,15). The molecule has 1 aromatic rings. The fourth-order valence-electron chi connectivity index (χ4n) is 0.828. The van der Waals surface area contributed by atoms with Crippen molar-refractivity contribution in [3.63, 3.8) is 0 Å². The van der Waals surface area contributed by atoms with Gasteiger partial charge in [0.05, 0.1) is 5.56 Å². The fraction of sp³-hybridized carbons (Fsp3) is 0.143. The molecule has 8 heteroatoms. The minimum Gasteiger partial charge on any atom is -0.289 e. The van der Waals surface area contributed by atoms with Crippen molar-refractivity contribution in [2.45, 2.75) is 6.18 Å². The zero-order valence-electron chi connectivity index (χ0n) is 7.10. The molecule has 15 heavy (non-hydrogen) atoms. The maximum atomic E-state index is 12.9. The van der Waals surface area contributed by atoms with Gasteiger partial charge in [-0.25, -0.2) is 15.2 Å². The van der Waals surface area contributed by atoms with Gasteiger partial charge in [-0.1, -0.05) is 0 Å². The van der Waals surface area contributed by atoms with Crippen LogP contribution in [0.2, 0.25) is 0 Å². The van der Waals surface area contributed by atoms with Crippen LogP contribution in [0.25, 0.3) is 0 Å². The number of halogens is 4. The van der Waals surface area contributed by atoms with Gasteiger partial charge in [-0.05, 0) is 6.07 Å². The van der Waals surface area contributed by atoms with E-state index in [0.717, 1.165) is 0 Å². The highest BCUT2D eigenvalue weighted by atomic mass is 19.4. The molecule has 0 bridgehead atoms. The predicted octanol–water partition coefficient (Wildman–Crippen LogP) is 0.843. The second kappa shape index (κ2) is 3.81. The van der Waals surface area contributed by atoms with Gasteiger partial charge in [-0.2, -0.15) is 13.2 Å². The molecule has 0 aliphatic rings. The Morgan fingerprint density at radius 3 is 2.47 bits per heavy atom. The Bertz CT molecular complexity index is 390. The van der Waals surface area contributed by atoms with E-state index in [4.69, 9.17) is 0 Å². The van der Waals surface area contributed by atoms with Crippen molar-refractivity contribution in [2.75, 3.05) is 0 Å². The average Bonchev–Trinajstić information content (AvgIpc) is 2.15. The molecule has 0 spiro atoms. The van der Waals surface area contributed by atoms with E-state index >= 15 is 0 Å². The summed E-state index contributed by atoms with van der Waals surface area (Å²) in [5, 5.41) is 0. The van der Waals surface area contributed by atoms with Crippen LogP contribution in [0.3, 0.4) is 0 Å². The van der Waals surface area contributed by atoms with Crippen molar-refractivity contribution >= 4 is 5.91 Å². The van der Waals surface area contributed by atoms with Crippen LogP contribution in [0.5, 0.6) is 0 Å². The number of hydrogen-bond acceptors (Lipinski definition) is 3. The number of nitrogens with two attached hydrogens (primary N) is 1. The van der Waals surface area contributed by atoms with E-state index in [1.807, 2.05) is 0 Å². The topological polar surface area (TPSA) is 68.0 Å². The van der Waals surface area contributed by atoms with E-state index < -0.39 is 29.2 Å². The molecule has 0 saturated carbocycles. The lowest BCUT2D eigenvalue weighted by molar-refractivity contribution is -0.138. The summed E-state index contributed by atoms with van der Waals surface area (Å²) in [6.07, 6.45) is -4.35. The van der Waals surface area contributed by atoms with Crippen LogP contribution >= 0.6 is 0 Å². The van der Waals surface area contributed by atoms with Gasteiger partial charge >= 0.3 is 6.18 Å². The lowest BCUT2D eigenvalue weighted by Gasteiger charge is -2.07. The number of rotatable bonds is 1. The summed E-state index contributed by atoms with van der Waals surface area (Å²) >= 11 is 0. The smallest absolute Gasteiger partial charge is 0.289 e. The van der Waals surface area contributed by atoms with Gasteiger partial charge in [0.15, 0.2) is 11.5 Å². The van der Waals surface area contributed by atoms with Crippen molar-refractivity contribution in [1.82, 2.24) is 10.4 Å². The lowest BCUT2D eigenvalue weighted by atomic mass is 10.2. The van der Waals surface area contributed by atoms with Crippen molar-refractivity contribution in [2.24, 2.45) is 5.84 Å². The van der Waals surface area contributed by atoms with Crippen molar-refractivity contribution in [3.05, 3.63) is 29.3 Å². The Morgan fingerprint density at radius 2 is 2.07 bits per heavy atom. The molecule has 3 N–H and O–H groups in total. The molecule has 82 valence electrons. The summed E-state index contributed by atoms with van der Waals surface area (Å²) in [4.78, 5) is 13.8. The zero-order valence-corrected chi connectivity index (χ0v) is 7.10. The number of amides is 1. The van der Waals surface area contributed by atoms with E-state index in [1.54, 1.807) is 5.43 Å². The molecule has 1 heterocycles. The van der Waals surface area contributed by atoms with E-state index in [2.05, 4.69) is 10.8 Å². The number of pyridine rings is 1. The first-order chi connectivity index (χ1) is 6.86. The molecule has 1 aromatic heterocycles. The molecule has 1 rings (SSSR count). The number of alkyl halides is 3. The number of hydrogen-bond donors (Lipinski definition) is 2. The molecule has 0 saturated heterocycles. The number of carbonyl (C=O) groups excluding carboxylic acids is 1. The highest BCUT2D eigenvalue weighted by Crippen LogP contribution is 2.29. The molecule has 0 aliphatic carbocycles. The summed E-state index contributed by atoms with van der Waals surface area (Å²) in [6, 6.07) is 0.178. The van der Waals surface area contributed by atoms with E-state index in [1.165, 1.54) is 0 Å². The Balaban J connectivity index is 3.15. The highest BCUT2D eigenvalue weighted by molar-refractivity contribution is 5.91. The lowest BCUT2D eigenvalue weighted by Crippen LogP contribution is -2.31. The van der Waals surface area contributed by atoms with Crippen molar-refractivity contribution in [3.8, 4) is 0 Å². The van der Waals surface area contributed by atoms with Crippen LogP contribution in [0.1, 0.15) is 16.1 Å². The van der Waals surface area contributed by atoms with E-state index in [-0.39, 0.29) is 6.07 Å². The Morgan fingerprint density at radius 1 is 1.47 bits per heavy atom. The van der Waals surface area contributed by atoms with Crippen LogP contribution in [-0.2, 0) is 6.18 Å². The molecule has 0 fully saturated rings. The molecular weight excluding hydrogens is 218 g/mol. The van der Waals surface area contributed by atoms with Crippen LogP contribution in [-0.4, -0.2) is 10.9 Å². The maximum absolute atomic E-state index is 12.9. The number of aromatic nitrogens is 1. The largest absolute Gasteiger partial charge is 0.417 e. The third-order valence-electron chi connectivity index (χ3n) is 1.51. The van der Waals surface area contributed by atoms with Gasteiger partial charge in [0.25, 0.3) is 5.91 Å². The average molecular weight is 223 g/mol. The Labute approximate surface area is 81.1 Å². The summed E-state index contributed by atoms with van der Waals surface area (Å²) in [6.45, 7) is 0.